The van der Waals surface area contributed by atoms with Crippen LogP contribution in [0.25, 0.3) is 6.08 Å². The summed E-state index contributed by atoms with van der Waals surface area (Å²) >= 11 is 3.12. The Bertz CT molecular complexity index is 398. The van der Waals surface area contributed by atoms with Crippen LogP contribution in [0.4, 0.5) is 0 Å². The topological polar surface area (TPSA) is 54.0 Å². The van der Waals surface area contributed by atoms with Crippen LogP contribution in [0.2, 0.25) is 0 Å². The monoisotopic (exact) mass is 239 g/mol. The molecule has 0 spiro atoms. The molecule has 0 saturated carbocycles. The van der Waals surface area contributed by atoms with Gasteiger partial charge in [0, 0.05) is 6.08 Å². The van der Waals surface area contributed by atoms with Gasteiger partial charge in [-0.3, -0.25) is 4.79 Å². The standard InChI is InChI=1S/C9H6BrNO2/c1-6(12)7(5-11)4-8-2-3-9(10)13-8/h2-4H,1H3. The van der Waals surface area contributed by atoms with E-state index < -0.39 is 0 Å². The van der Waals surface area contributed by atoms with Crippen LogP contribution in [0.5, 0.6) is 0 Å². The van der Waals surface area contributed by atoms with Crippen molar-refractivity contribution >= 4 is 27.8 Å². The molecule has 3 nitrogen and oxygen atoms in total. The fourth-order valence-electron chi connectivity index (χ4n) is 0.761. The van der Waals surface area contributed by atoms with Crippen LogP contribution in [0.15, 0.2) is 26.8 Å². The lowest BCUT2D eigenvalue weighted by Crippen LogP contribution is -1.92. The van der Waals surface area contributed by atoms with E-state index in [4.69, 9.17) is 9.68 Å². The predicted octanol–water partition coefficient (Wildman–Crippen LogP) is 2.54. The number of rotatable bonds is 2. The Labute approximate surface area is 83.8 Å². The van der Waals surface area contributed by atoms with Crippen molar-refractivity contribution in [1.82, 2.24) is 0 Å². The van der Waals surface area contributed by atoms with E-state index >= 15 is 0 Å². The summed E-state index contributed by atoms with van der Waals surface area (Å²) in [6.07, 6.45) is 1.41. The molecular weight excluding hydrogens is 234 g/mol. The molecule has 0 atom stereocenters. The predicted molar refractivity (Wildman–Crippen MR) is 50.7 cm³/mol. The Hall–Kier alpha value is -1.34. The van der Waals surface area contributed by atoms with Gasteiger partial charge < -0.3 is 4.42 Å². The van der Waals surface area contributed by atoms with Gasteiger partial charge in [-0.15, -0.1) is 0 Å². The number of carbonyl (C=O) groups excluding carboxylic acids is 1. The smallest absolute Gasteiger partial charge is 0.170 e. The van der Waals surface area contributed by atoms with Gasteiger partial charge in [0.1, 0.15) is 11.8 Å². The van der Waals surface area contributed by atoms with Crippen LogP contribution in [-0.2, 0) is 4.79 Å². The van der Waals surface area contributed by atoms with Gasteiger partial charge in [-0.1, -0.05) is 0 Å². The molecule has 0 aliphatic heterocycles. The third-order valence-electron chi connectivity index (χ3n) is 1.38. The molecule has 66 valence electrons. The number of ketones is 1. The van der Waals surface area contributed by atoms with E-state index in [1.165, 1.54) is 13.0 Å². The average Bonchev–Trinajstić information content (AvgIpc) is 2.46. The molecule has 1 heterocycles. The van der Waals surface area contributed by atoms with Crippen molar-refractivity contribution in [1.29, 1.82) is 5.26 Å². The molecule has 0 radical (unpaired) electrons. The summed E-state index contributed by atoms with van der Waals surface area (Å²) in [5, 5.41) is 8.57. The molecule has 0 amide bonds. The van der Waals surface area contributed by atoms with Crippen molar-refractivity contribution in [2.75, 3.05) is 0 Å². The van der Waals surface area contributed by atoms with E-state index in [9.17, 15) is 4.79 Å². The minimum Gasteiger partial charge on any atom is -0.450 e. The largest absolute Gasteiger partial charge is 0.450 e. The second-order valence-corrected chi connectivity index (χ2v) is 3.15. The second kappa shape index (κ2) is 4.06. The normalized spacial score (nSPS) is 11.0. The molecular formula is C9H6BrNO2. The number of furan rings is 1. The first kappa shape index (κ1) is 9.75. The van der Waals surface area contributed by atoms with Crippen molar-refractivity contribution in [2.45, 2.75) is 6.92 Å². The highest BCUT2D eigenvalue weighted by Crippen LogP contribution is 2.16. The van der Waals surface area contributed by atoms with Crippen molar-refractivity contribution in [3.05, 3.63) is 28.1 Å². The molecule has 13 heavy (non-hydrogen) atoms. The van der Waals surface area contributed by atoms with E-state index in [2.05, 4.69) is 15.9 Å². The van der Waals surface area contributed by atoms with Gasteiger partial charge in [-0.05, 0) is 35.0 Å². The quantitative estimate of drug-likeness (QED) is 0.589. The summed E-state index contributed by atoms with van der Waals surface area (Å²) in [6.45, 7) is 1.34. The second-order valence-electron chi connectivity index (χ2n) is 2.37. The van der Waals surface area contributed by atoms with Gasteiger partial charge in [0.15, 0.2) is 10.5 Å². The van der Waals surface area contributed by atoms with E-state index in [1.54, 1.807) is 18.2 Å². The maximum Gasteiger partial charge on any atom is 0.170 e. The van der Waals surface area contributed by atoms with Crippen LogP contribution in [0, 0.1) is 11.3 Å². The molecule has 1 aromatic rings. The van der Waals surface area contributed by atoms with Gasteiger partial charge in [-0.2, -0.15) is 5.26 Å². The van der Waals surface area contributed by atoms with Gasteiger partial charge in [0.25, 0.3) is 0 Å². The van der Waals surface area contributed by atoms with Crippen molar-refractivity contribution in [3.63, 3.8) is 0 Å². The lowest BCUT2D eigenvalue weighted by atomic mass is 10.2. The van der Waals surface area contributed by atoms with Gasteiger partial charge >= 0.3 is 0 Å². The van der Waals surface area contributed by atoms with Crippen LogP contribution < -0.4 is 0 Å². The number of carbonyl (C=O) groups is 1. The van der Waals surface area contributed by atoms with Crippen LogP contribution >= 0.6 is 15.9 Å². The maximum absolute atomic E-state index is 10.8. The third kappa shape index (κ3) is 2.56. The molecule has 0 bridgehead atoms. The number of nitriles is 1. The van der Waals surface area contributed by atoms with E-state index in [0.29, 0.717) is 10.4 Å². The zero-order valence-electron chi connectivity index (χ0n) is 6.87. The number of hydrogen-bond donors (Lipinski definition) is 0. The van der Waals surface area contributed by atoms with E-state index in [1.807, 2.05) is 0 Å². The first-order valence-corrected chi connectivity index (χ1v) is 4.31. The zero-order valence-corrected chi connectivity index (χ0v) is 8.46. The fourth-order valence-corrected chi connectivity index (χ4v) is 1.08. The van der Waals surface area contributed by atoms with Crippen molar-refractivity contribution in [3.8, 4) is 6.07 Å². The highest BCUT2D eigenvalue weighted by Gasteiger charge is 2.03. The van der Waals surface area contributed by atoms with Crippen molar-refractivity contribution < 1.29 is 9.21 Å². The molecule has 0 N–H and O–H groups in total. The molecule has 0 aromatic carbocycles. The van der Waals surface area contributed by atoms with Crippen LogP contribution in [0.1, 0.15) is 12.7 Å². The van der Waals surface area contributed by atoms with Crippen LogP contribution in [0.3, 0.4) is 0 Å². The minimum absolute atomic E-state index is 0.0850. The summed E-state index contributed by atoms with van der Waals surface area (Å²) < 4.78 is 5.67. The first-order chi connectivity index (χ1) is 6.13. The maximum atomic E-state index is 10.8. The van der Waals surface area contributed by atoms with E-state index in [-0.39, 0.29) is 11.4 Å². The summed E-state index contributed by atoms with van der Waals surface area (Å²) in [5.74, 6) is 0.216. The zero-order chi connectivity index (χ0) is 9.84. The number of hydrogen-bond acceptors (Lipinski definition) is 3. The summed E-state index contributed by atoms with van der Waals surface area (Å²) in [7, 11) is 0. The molecule has 0 unspecified atom stereocenters. The van der Waals surface area contributed by atoms with Gasteiger partial charge in [-0.25, -0.2) is 0 Å². The SMILES string of the molecule is CC(=O)C(C#N)=Cc1ccc(Br)o1. The molecule has 1 aromatic heterocycles. The Morgan fingerprint density at radius 3 is 2.77 bits per heavy atom. The molecule has 0 fully saturated rings. The summed E-state index contributed by atoms with van der Waals surface area (Å²) in [5.41, 5.74) is 0.0850. The average molecular weight is 240 g/mol. The molecule has 1 rings (SSSR count). The molecule has 0 saturated heterocycles. The minimum atomic E-state index is -0.268. The lowest BCUT2D eigenvalue weighted by molar-refractivity contribution is -0.113. The Morgan fingerprint density at radius 2 is 2.38 bits per heavy atom. The summed E-state index contributed by atoms with van der Waals surface area (Å²) in [4.78, 5) is 10.8. The van der Waals surface area contributed by atoms with Crippen molar-refractivity contribution in [2.24, 2.45) is 0 Å². The van der Waals surface area contributed by atoms with E-state index in [0.717, 1.165) is 0 Å². The summed E-state index contributed by atoms with van der Waals surface area (Å²) in [6, 6.07) is 5.16. The lowest BCUT2D eigenvalue weighted by Gasteiger charge is -1.88. The molecule has 4 heteroatoms. The van der Waals surface area contributed by atoms with Gasteiger partial charge in [0.2, 0.25) is 0 Å². The van der Waals surface area contributed by atoms with Gasteiger partial charge in [0.05, 0.1) is 5.57 Å². The number of halogens is 1. The van der Waals surface area contributed by atoms with Crippen LogP contribution in [-0.4, -0.2) is 5.78 Å². The number of Topliss-reactive ketones (excluding diaryl/α,β-unsaturated/α-hetero) is 1. The number of allylic oxidation sites excluding steroid dienone is 1. The highest BCUT2D eigenvalue weighted by atomic mass is 79.9. The third-order valence-corrected chi connectivity index (χ3v) is 1.81. The fraction of sp³-hybridized carbons (Fsp3) is 0.111. The number of nitrogens with zero attached hydrogens (tertiary/aromatic N) is 1. The molecule has 0 aliphatic carbocycles. The Morgan fingerprint density at radius 1 is 1.69 bits per heavy atom. The Balaban J connectivity index is 3.00. The Kier molecular flexibility index (Phi) is 3.04. The highest BCUT2D eigenvalue weighted by molar-refractivity contribution is 9.10. The molecule has 0 aliphatic rings. The first-order valence-electron chi connectivity index (χ1n) is 3.51.